The normalized spacial score (nSPS) is 10.6. The lowest BCUT2D eigenvalue weighted by Crippen LogP contribution is -2.01. The predicted molar refractivity (Wildman–Crippen MR) is 68.7 cm³/mol. The van der Waals surface area contributed by atoms with Crippen LogP contribution in [0.5, 0.6) is 0 Å². The fourth-order valence-corrected chi connectivity index (χ4v) is 2.43. The molecule has 16 heavy (non-hydrogen) atoms. The number of nitriles is 1. The molecule has 0 atom stereocenters. The first-order valence-corrected chi connectivity index (χ1v) is 6.46. The number of thioether (sulfide) groups is 1. The summed E-state index contributed by atoms with van der Waals surface area (Å²) in [7, 11) is 0. The van der Waals surface area contributed by atoms with Crippen LogP contribution >= 0.6 is 11.8 Å². The molecule has 1 aromatic heterocycles. The minimum atomic E-state index is 0.611. The van der Waals surface area contributed by atoms with E-state index in [4.69, 9.17) is 0 Å². The molecule has 0 saturated heterocycles. The first kappa shape index (κ1) is 13.1. The van der Waals surface area contributed by atoms with Crippen LogP contribution in [0.2, 0.25) is 0 Å². The molecule has 0 radical (unpaired) electrons. The van der Waals surface area contributed by atoms with Crippen LogP contribution in [0.15, 0.2) is 5.03 Å². The molecule has 2 nitrogen and oxygen atoms in total. The van der Waals surface area contributed by atoms with E-state index in [9.17, 15) is 5.26 Å². The molecular weight excluding hydrogens is 216 g/mol. The van der Waals surface area contributed by atoms with Crippen molar-refractivity contribution in [1.29, 1.82) is 5.26 Å². The van der Waals surface area contributed by atoms with E-state index in [1.807, 2.05) is 20.8 Å². The molecule has 0 saturated carbocycles. The van der Waals surface area contributed by atoms with Crippen LogP contribution in [-0.2, 0) is 0 Å². The van der Waals surface area contributed by atoms with Crippen molar-refractivity contribution in [2.24, 2.45) is 5.92 Å². The van der Waals surface area contributed by atoms with Crippen molar-refractivity contribution in [3.63, 3.8) is 0 Å². The van der Waals surface area contributed by atoms with Gasteiger partial charge in [0, 0.05) is 11.4 Å². The fourth-order valence-electron chi connectivity index (χ4n) is 1.39. The molecule has 0 fully saturated rings. The Kier molecular flexibility index (Phi) is 4.37. The second kappa shape index (κ2) is 5.36. The van der Waals surface area contributed by atoms with Crippen molar-refractivity contribution in [2.75, 3.05) is 5.75 Å². The Bertz CT molecular complexity index is 431. The van der Waals surface area contributed by atoms with Gasteiger partial charge in [-0.3, -0.25) is 0 Å². The van der Waals surface area contributed by atoms with Crippen molar-refractivity contribution in [3.8, 4) is 6.07 Å². The summed E-state index contributed by atoms with van der Waals surface area (Å²) in [6.45, 7) is 10.4. The van der Waals surface area contributed by atoms with Crippen LogP contribution in [0.25, 0.3) is 0 Å². The topological polar surface area (TPSA) is 36.7 Å². The van der Waals surface area contributed by atoms with Crippen LogP contribution in [-0.4, -0.2) is 10.7 Å². The first-order valence-electron chi connectivity index (χ1n) is 5.48. The Balaban J connectivity index is 3.14. The molecule has 0 aliphatic heterocycles. The summed E-state index contributed by atoms with van der Waals surface area (Å²) in [5.74, 6) is 1.61. The average molecular weight is 234 g/mol. The zero-order chi connectivity index (χ0) is 12.3. The molecule has 0 aliphatic carbocycles. The molecule has 0 N–H and O–H groups in total. The molecule has 0 unspecified atom stereocenters. The fraction of sp³-hybridized carbons (Fsp3) is 0.538. The average Bonchev–Trinajstić information content (AvgIpc) is 2.23. The van der Waals surface area contributed by atoms with E-state index >= 15 is 0 Å². The smallest absolute Gasteiger partial charge is 0.114 e. The van der Waals surface area contributed by atoms with Gasteiger partial charge in [-0.25, -0.2) is 4.98 Å². The molecule has 0 amide bonds. The number of nitrogens with zero attached hydrogens (tertiary/aromatic N) is 2. The van der Waals surface area contributed by atoms with E-state index in [-0.39, 0.29) is 0 Å². The molecule has 1 aromatic rings. The van der Waals surface area contributed by atoms with Crippen molar-refractivity contribution in [2.45, 2.75) is 39.6 Å². The van der Waals surface area contributed by atoms with Gasteiger partial charge in [-0.15, -0.1) is 11.8 Å². The van der Waals surface area contributed by atoms with Crippen LogP contribution in [0, 0.1) is 38.0 Å². The summed E-state index contributed by atoms with van der Waals surface area (Å²) >= 11 is 1.68. The van der Waals surface area contributed by atoms with Gasteiger partial charge in [-0.05, 0) is 37.8 Å². The van der Waals surface area contributed by atoms with Crippen molar-refractivity contribution in [1.82, 2.24) is 4.98 Å². The van der Waals surface area contributed by atoms with Crippen molar-refractivity contribution in [3.05, 3.63) is 22.4 Å². The molecule has 1 heterocycles. The van der Waals surface area contributed by atoms with Crippen molar-refractivity contribution >= 4 is 11.8 Å². The van der Waals surface area contributed by atoms with Gasteiger partial charge in [0.1, 0.15) is 11.1 Å². The Morgan fingerprint density at radius 1 is 1.25 bits per heavy atom. The molecule has 3 heteroatoms. The Labute approximate surface area is 102 Å². The van der Waals surface area contributed by atoms with Crippen LogP contribution in [0.3, 0.4) is 0 Å². The summed E-state index contributed by atoms with van der Waals surface area (Å²) in [5.41, 5.74) is 3.98. The number of pyridine rings is 1. The number of aryl methyl sites for hydroxylation is 1. The maximum Gasteiger partial charge on any atom is 0.114 e. The van der Waals surface area contributed by atoms with Crippen molar-refractivity contribution < 1.29 is 0 Å². The third kappa shape index (κ3) is 2.76. The van der Waals surface area contributed by atoms with Gasteiger partial charge in [0.25, 0.3) is 0 Å². The quantitative estimate of drug-likeness (QED) is 0.749. The number of aromatic nitrogens is 1. The third-order valence-electron chi connectivity index (χ3n) is 2.63. The molecular formula is C13H18N2S. The second-order valence-corrected chi connectivity index (χ2v) is 5.45. The first-order chi connectivity index (χ1) is 7.47. The van der Waals surface area contributed by atoms with Gasteiger partial charge in [-0.1, -0.05) is 13.8 Å². The molecule has 0 spiro atoms. The Hall–Kier alpha value is -1.01. The molecule has 0 bridgehead atoms. The lowest BCUT2D eigenvalue weighted by molar-refractivity contribution is 0.749. The Morgan fingerprint density at radius 2 is 1.88 bits per heavy atom. The van der Waals surface area contributed by atoms with E-state index in [2.05, 4.69) is 24.9 Å². The van der Waals surface area contributed by atoms with E-state index in [0.717, 1.165) is 33.2 Å². The minimum absolute atomic E-state index is 0.611. The van der Waals surface area contributed by atoms with E-state index in [1.54, 1.807) is 11.8 Å². The largest absolute Gasteiger partial charge is 0.245 e. The lowest BCUT2D eigenvalue weighted by atomic mass is 10.1. The molecule has 86 valence electrons. The summed E-state index contributed by atoms with van der Waals surface area (Å²) in [6.07, 6.45) is 0. The van der Waals surface area contributed by atoms with Gasteiger partial charge in [0.05, 0.1) is 5.56 Å². The zero-order valence-electron chi connectivity index (χ0n) is 10.6. The highest BCUT2D eigenvalue weighted by atomic mass is 32.2. The highest BCUT2D eigenvalue weighted by Crippen LogP contribution is 2.27. The summed E-state index contributed by atoms with van der Waals surface area (Å²) in [6, 6.07) is 2.27. The van der Waals surface area contributed by atoms with Crippen LogP contribution in [0.1, 0.15) is 36.2 Å². The highest BCUT2D eigenvalue weighted by molar-refractivity contribution is 7.99. The van der Waals surface area contributed by atoms with Gasteiger partial charge < -0.3 is 0 Å². The van der Waals surface area contributed by atoms with Crippen LogP contribution < -0.4 is 0 Å². The minimum Gasteiger partial charge on any atom is -0.245 e. The second-order valence-electron chi connectivity index (χ2n) is 4.44. The van der Waals surface area contributed by atoms with E-state index in [0.29, 0.717) is 5.92 Å². The van der Waals surface area contributed by atoms with E-state index in [1.165, 1.54) is 0 Å². The van der Waals surface area contributed by atoms with Gasteiger partial charge in [0.2, 0.25) is 0 Å². The van der Waals surface area contributed by atoms with Gasteiger partial charge >= 0.3 is 0 Å². The molecule has 0 aliphatic rings. The number of hydrogen-bond donors (Lipinski definition) is 0. The van der Waals surface area contributed by atoms with Crippen LogP contribution in [0.4, 0.5) is 0 Å². The maximum atomic E-state index is 9.18. The third-order valence-corrected chi connectivity index (χ3v) is 4.03. The van der Waals surface area contributed by atoms with Gasteiger partial charge in [-0.2, -0.15) is 5.26 Å². The van der Waals surface area contributed by atoms with E-state index < -0.39 is 0 Å². The number of hydrogen-bond acceptors (Lipinski definition) is 3. The zero-order valence-corrected chi connectivity index (χ0v) is 11.4. The maximum absolute atomic E-state index is 9.18. The molecule has 0 aromatic carbocycles. The number of rotatable bonds is 3. The summed E-state index contributed by atoms with van der Waals surface area (Å²) in [5, 5.41) is 10.1. The lowest BCUT2D eigenvalue weighted by Gasteiger charge is -2.11. The van der Waals surface area contributed by atoms with Gasteiger partial charge in [0.15, 0.2) is 0 Å². The SMILES string of the molecule is Cc1nc(SCC(C)C)c(C#N)c(C)c1C. The Morgan fingerprint density at radius 3 is 2.38 bits per heavy atom. The molecule has 1 rings (SSSR count). The monoisotopic (exact) mass is 234 g/mol. The summed E-state index contributed by atoms with van der Waals surface area (Å²) in [4.78, 5) is 4.52. The summed E-state index contributed by atoms with van der Waals surface area (Å²) < 4.78 is 0. The highest BCUT2D eigenvalue weighted by Gasteiger charge is 2.12. The standard InChI is InChI=1S/C13H18N2S/c1-8(2)7-16-13-12(6-14)10(4)9(3)11(5)15-13/h8H,7H2,1-5H3. The predicted octanol–water partition coefficient (Wildman–Crippen LogP) is 3.63.